The van der Waals surface area contributed by atoms with E-state index < -0.39 is 86.0 Å². The van der Waals surface area contributed by atoms with Crippen LogP contribution in [-0.4, -0.2) is 142 Å². The first kappa shape index (κ1) is 44.6. The molecule has 18 heteroatoms. The molecule has 5 heterocycles. The Morgan fingerprint density at radius 2 is 1.87 bits per heavy atom. The number of nitrogens with one attached hydrogen (secondary N) is 3. The molecule has 3 saturated heterocycles. The van der Waals surface area contributed by atoms with E-state index in [4.69, 9.17) is 19.2 Å². The molecule has 8 rings (SSSR count). The summed E-state index contributed by atoms with van der Waals surface area (Å²) in [7, 11) is -1.74. The van der Waals surface area contributed by atoms with Gasteiger partial charge in [0.05, 0.1) is 0 Å². The predicted octanol–water partition coefficient (Wildman–Crippen LogP) is -0.147. The Kier molecular flexibility index (Phi) is 13.7. The average molecular weight is 989 g/mol. The Morgan fingerprint density at radius 1 is 1.08 bits per heavy atom. The Hall–Kier alpha value is -4.01. The number of fused-ring (bicyclic) bond motifs is 5. The quantitative estimate of drug-likeness (QED) is 0.0891. The van der Waals surface area contributed by atoms with Crippen LogP contribution >= 0.6 is 0 Å². The van der Waals surface area contributed by atoms with E-state index in [1.807, 2.05) is 24.3 Å². The molecule has 0 spiro atoms. The third kappa shape index (κ3) is 10.0. The fourth-order valence-electron chi connectivity index (χ4n) is 9.10. The third-order valence-electron chi connectivity index (χ3n) is 12.9. The van der Waals surface area contributed by atoms with Crippen molar-refractivity contribution in [2.75, 3.05) is 52.9 Å². The number of nitrogens with zero attached hydrogens (tertiary/aromatic N) is 4. The number of sulfonamides is 1. The van der Waals surface area contributed by atoms with E-state index in [1.165, 1.54) is 4.90 Å². The zero-order valence-corrected chi connectivity index (χ0v) is 38.5. The van der Waals surface area contributed by atoms with Gasteiger partial charge in [0.15, 0.2) is 0 Å². The first-order valence-corrected chi connectivity index (χ1v) is 25.9. The van der Waals surface area contributed by atoms with Gasteiger partial charge in [-0.25, -0.2) is 0 Å². The van der Waals surface area contributed by atoms with Crippen molar-refractivity contribution < 1.29 is 63.0 Å². The molecule has 2 aromatic rings. The van der Waals surface area contributed by atoms with Gasteiger partial charge in [-0.05, 0) is 39.2 Å². The number of rotatable bonds is 11. The summed E-state index contributed by atoms with van der Waals surface area (Å²) in [6, 6.07) is 5.59. The second-order valence-corrected chi connectivity index (χ2v) is 23.1. The van der Waals surface area contributed by atoms with Crippen LogP contribution < -0.4 is 46.0 Å². The molecule has 0 radical (unpaired) electrons. The Bertz CT molecular complexity index is 2180. The molecular weight excluding hydrogens is 929 g/mol. The van der Waals surface area contributed by atoms with Crippen molar-refractivity contribution in [3.63, 3.8) is 0 Å². The number of para-hydroxylation sites is 1. The molecule has 1 aromatic carbocycles. The molecule has 7 atom stereocenters. The van der Waals surface area contributed by atoms with Gasteiger partial charge >= 0.3 is 288 Å². The number of ether oxygens (including phenoxy) is 3. The summed E-state index contributed by atoms with van der Waals surface area (Å²) in [4.78, 5) is 66.8. The van der Waals surface area contributed by atoms with Gasteiger partial charge in [-0.2, -0.15) is 0 Å². The molecule has 2 bridgehead atoms. The van der Waals surface area contributed by atoms with Crippen LogP contribution in [0.15, 0.2) is 49.1 Å². The van der Waals surface area contributed by atoms with Crippen LogP contribution in [0.25, 0.3) is 10.9 Å². The number of pyridine rings is 1. The van der Waals surface area contributed by atoms with Crippen LogP contribution in [0.3, 0.4) is 0 Å². The summed E-state index contributed by atoms with van der Waals surface area (Å²) in [6.07, 6.45) is 10.6. The minimum atomic E-state index is -3.89. The number of carbonyl (C=O) groups is 4. The van der Waals surface area contributed by atoms with E-state index in [0.29, 0.717) is 43.0 Å². The summed E-state index contributed by atoms with van der Waals surface area (Å²) in [5, 5.41) is 5.81. The number of hydrogen-bond donors (Lipinski definition) is 3. The van der Waals surface area contributed by atoms with Gasteiger partial charge < -0.3 is 9.80 Å². The SMILES string of the molecule is C=C[C@@H]1[I-][C@]1(NC(=O)[C@@H]1C[C@@H]2CN1C(=O)[C@H](C)NC(=O)O[C@@H]1CCCC1CC/C=C/Cc1c(nc3ccccc3c1OCCCN1CCN(C)CC1)O2)C(=O)NS(=O)(=O)C1CC1. The molecule has 4 aliphatic heterocycles. The van der Waals surface area contributed by atoms with Crippen LogP contribution in [-0.2, 0) is 35.6 Å². The molecule has 2 aliphatic carbocycles. The van der Waals surface area contributed by atoms with Crippen LogP contribution in [0, 0.1) is 5.92 Å². The van der Waals surface area contributed by atoms with E-state index in [0.717, 1.165) is 82.2 Å². The maximum atomic E-state index is 14.5. The number of benzene rings is 1. The summed E-state index contributed by atoms with van der Waals surface area (Å²) < 4.78 is 45.4. The Labute approximate surface area is 374 Å². The van der Waals surface area contributed by atoms with Gasteiger partial charge in [0, 0.05) is 32.7 Å². The van der Waals surface area contributed by atoms with E-state index in [1.54, 1.807) is 13.0 Å². The van der Waals surface area contributed by atoms with Gasteiger partial charge in [0.25, 0.3) is 0 Å². The molecular formula is C44H59IN7O9S-. The summed E-state index contributed by atoms with van der Waals surface area (Å²) >= 11 is -1.05. The summed E-state index contributed by atoms with van der Waals surface area (Å²) in [6.45, 7) is 10.9. The molecule has 2 saturated carbocycles. The fraction of sp³-hybridized carbons (Fsp3) is 0.614. The van der Waals surface area contributed by atoms with E-state index >= 15 is 0 Å². The Balaban J connectivity index is 1.09. The summed E-state index contributed by atoms with van der Waals surface area (Å²) in [5.74, 6) is -0.734. The first-order chi connectivity index (χ1) is 29.8. The van der Waals surface area contributed by atoms with Gasteiger partial charge in [0.2, 0.25) is 0 Å². The molecule has 1 aromatic heterocycles. The first-order valence-electron chi connectivity index (χ1n) is 22.0. The average Bonchev–Trinajstić information content (AvgIpc) is 4.15. The monoisotopic (exact) mass is 988 g/mol. The molecule has 1 unspecified atom stereocenters. The van der Waals surface area contributed by atoms with Crippen LogP contribution in [0.2, 0.25) is 0 Å². The van der Waals surface area contributed by atoms with E-state index in [-0.39, 0.29) is 25.0 Å². The van der Waals surface area contributed by atoms with Crippen LogP contribution in [0.5, 0.6) is 11.6 Å². The molecule has 3 N–H and O–H groups in total. The zero-order chi connectivity index (χ0) is 43.6. The minimum absolute atomic E-state index is 0.0249. The van der Waals surface area contributed by atoms with Crippen molar-refractivity contribution in [2.45, 2.75) is 108 Å². The van der Waals surface area contributed by atoms with Gasteiger partial charge in [-0.3, -0.25) is 0 Å². The predicted molar refractivity (Wildman–Crippen MR) is 228 cm³/mol. The number of piperazine rings is 1. The van der Waals surface area contributed by atoms with Crippen molar-refractivity contribution in [3.05, 3.63) is 54.6 Å². The number of aromatic nitrogens is 1. The maximum absolute atomic E-state index is 14.5. The van der Waals surface area contributed by atoms with Crippen LogP contribution in [0.4, 0.5) is 4.79 Å². The molecule has 62 heavy (non-hydrogen) atoms. The summed E-state index contributed by atoms with van der Waals surface area (Å²) in [5.41, 5.74) is 1.44. The van der Waals surface area contributed by atoms with Crippen molar-refractivity contribution >= 4 is 44.7 Å². The number of alkyl carbamates (subject to hydrolysis) is 1. The Morgan fingerprint density at radius 3 is 2.63 bits per heavy atom. The number of likely N-dealkylation sites (N-methyl/N-ethyl adjacent to an activating group) is 1. The molecule has 6 aliphatic rings. The standard InChI is InChI=1S/C44H59IN7O9S/c1-4-37-44(45-37,42(55)49-62(57,58)31-18-19-31)48-39(53)35-26-30-27-52(35)41(54)28(2)46-43(56)61-36-17-10-13-29(36)12-6-5-7-15-33-38(32-14-8-9-16-34(32)47-40(33)60-30)59-25-11-20-51-23-21-50(3)22-24-51/h4-5,7-9,14,16,28-31,35-37H,1,6,10-13,15,17-27H2,2-3H3,(H,46,56)(H,48,53)(H,49,55)/q-1/b7-5+/t28-,29?,30+,35-,36+,37-,44+/m0/s1. The fourth-order valence-corrected chi connectivity index (χ4v) is 13.3. The normalized spacial score (nSPS) is 30.5. The van der Waals surface area contributed by atoms with Gasteiger partial charge in [-0.15, -0.1) is 0 Å². The van der Waals surface area contributed by atoms with E-state index in [9.17, 15) is 27.6 Å². The number of hydrogen-bond acceptors (Lipinski definition) is 12. The number of amides is 4. The van der Waals surface area contributed by atoms with Gasteiger partial charge in [0.1, 0.15) is 0 Å². The molecule has 4 amide bonds. The number of allylic oxidation sites excluding steroid dienone is 2. The van der Waals surface area contributed by atoms with Crippen LogP contribution in [0.1, 0.15) is 70.3 Å². The number of alkyl halides is 2. The molecule has 338 valence electrons. The second-order valence-electron chi connectivity index (χ2n) is 17.4. The van der Waals surface area contributed by atoms with E-state index in [2.05, 4.69) is 50.9 Å². The molecule has 5 fully saturated rings. The van der Waals surface area contributed by atoms with Crippen molar-refractivity contribution in [2.24, 2.45) is 5.92 Å². The topological polar surface area (TPSA) is 189 Å². The van der Waals surface area contributed by atoms with Crippen molar-refractivity contribution in [3.8, 4) is 11.6 Å². The number of carbonyl (C=O) groups excluding carboxylic acids is 4. The molecule has 16 nitrogen and oxygen atoms in total. The second kappa shape index (κ2) is 19.0. The third-order valence-corrected chi connectivity index (χ3v) is 18.6. The van der Waals surface area contributed by atoms with Crippen molar-refractivity contribution in [1.29, 1.82) is 0 Å². The number of halogens is 1. The van der Waals surface area contributed by atoms with Crippen molar-refractivity contribution in [1.82, 2.24) is 35.0 Å². The van der Waals surface area contributed by atoms with Gasteiger partial charge in [-0.1, -0.05) is 6.07 Å². The zero-order valence-electron chi connectivity index (χ0n) is 35.6.